The first kappa shape index (κ1) is 106. The second-order valence-corrected chi connectivity index (χ2v) is 35.8. The summed E-state index contributed by atoms with van der Waals surface area (Å²) in [6.45, 7) is 9.16. The number of aromatic amines is 1. The number of rotatable bonds is 37. The molecule has 0 spiro atoms. The van der Waals surface area contributed by atoms with E-state index in [0.29, 0.717) is 68.4 Å². The molecule has 12 aromatic rings. The molecule has 0 aliphatic rings. The van der Waals surface area contributed by atoms with E-state index in [1.165, 1.54) is 94.8 Å². The predicted octanol–water partition coefficient (Wildman–Crippen LogP) is 7.29. The number of ether oxygens (including phenoxy) is 12. The van der Waals surface area contributed by atoms with Crippen molar-refractivity contribution in [3.05, 3.63) is 183 Å². The highest BCUT2D eigenvalue weighted by Gasteiger charge is 2.33. The molecule has 712 valence electrons. The highest BCUT2D eigenvalue weighted by atomic mass is 35.5. The van der Waals surface area contributed by atoms with Gasteiger partial charge in [-0.3, -0.25) is 52.7 Å². The number of aromatic nitrogens is 9. The highest BCUT2D eigenvalue weighted by molar-refractivity contribution is 7.99. The zero-order valence-corrected chi connectivity index (χ0v) is 79.8. The van der Waals surface area contributed by atoms with Gasteiger partial charge in [0.05, 0.1) is 130 Å². The number of hydrogen-bond donors (Lipinski definition) is 8. The van der Waals surface area contributed by atoms with Crippen LogP contribution in [-0.2, 0) is 91.8 Å². The van der Waals surface area contributed by atoms with Gasteiger partial charge in [-0.2, -0.15) is 0 Å². The number of primary amides is 6. The maximum Gasteiger partial charge on any atom is 0.300 e. The molecule has 50 heteroatoms. The van der Waals surface area contributed by atoms with Gasteiger partial charge in [0.1, 0.15) is 34.5 Å². The van der Waals surface area contributed by atoms with E-state index in [2.05, 4.69) is 29.9 Å². The number of carboxylic acids is 1. The molecule has 6 amide bonds. The van der Waals surface area contributed by atoms with E-state index in [9.17, 15) is 58.2 Å². The minimum absolute atomic E-state index is 0. The first-order valence-corrected chi connectivity index (χ1v) is 45.8. The van der Waals surface area contributed by atoms with Crippen molar-refractivity contribution < 1.29 is 125 Å². The summed E-state index contributed by atoms with van der Waals surface area (Å²) in [5, 5.41) is 7.32. The van der Waals surface area contributed by atoms with Crippen molar-refractivity contribution in [1.29, 1.82) is 0 Å². The number of benzene rings is 6. The molecule has 12 rings (SSSR count). The van der Waals surface area contributed by atoms with Gasteiger partial charge in [-0.15, -0.1) is 24.0 Å². The molecule has 0 saturated carbocycles. The number of amides is 6. The quantitative estimate of drug-likeness (QED) is 0.0108. The number of aryl methyl sites for hydroxylation is 3. The number of carbonyl (C=O) groups is 7. The van der Waals surface area contributed by atoms with Crippen molar-refractivity contribution >= 4 is 163 Å². The molecule has 42 nitrogen and oxygen atoms in total. The zero-order chi connectivity index (χ0) is 97.6. The lowest BCUT2D eigenvalue weighted by molar-refractivity contribution is -0.134. The number of pyridine rings is 3. The van der Waals surface area contributed by atoms with Crippen molar-refractivity contribution in [3.8, 4) is 69.0 Å². The summed E-state index contributed by atoms with van der Waals surface area (Å²) in [5.41, 5.74) is 39.9. The molecule has 0 saturated heterocycles. The Balaban J connectivity index is 0.000000252. The van der Waals surface area contributed by atoms with E-state index in [0.717, 1.165) is 70.2 Å². The van der Waals surface area contributed by atoms with Gasteiger partial charge in [0.25, 0.3) is 71.5 Å². The van der Waals surface area contributed by atoms with Crippen molar-refractivity contribution in [2.45, 2.75) is 90.9 Å². The molecule has 1 atom stereocenters. The van der Waals surface area contributed by atoms with Crippen LogP contribution in [0.25, 0.3) is 33.1 Å². The summed E-state index contributed by atoms with van der Waals surface area (Å²) in [5.74, 6) is -2.13. The number of nitrogens with two attached hydrogens (primary N) is 6. The predicted molar refractivity (Wildman–Crippen MR) is 492 cm³/mol. The number of alkyl halides is 1. The standard InChI is InChI=1S/C27H29N5O9S2.C27H29N5O8S2.C18H18N4O7S2.C9H12ClNO.C2H4O2.ClH/c1-15-11-30-20(16(2)26(15)39-4)14-42(35)27-31-19-7-5-17(38-3)9-21(19)32(27)43(36,37)18-6-8-22(40-12-24(28)33)23(10-18)41-13-25(29)34;1-15-11-30-20(16(2)26(15)38-4)14-41-27-31-19-7-5-17(37-3)9-21(19)32(27)42(35,36)18-6-8-22(39-12-24(28)33)23(10-18)40-13-25(29)34;1-27-10-2-4-12-13(6-10)22(18(30)21-12)31(25,26)11-3-5-14(28-8-16(19)23)15(7-11)29-9-17(20)24;1-6-5-11-8(4-10)7(2)9(6)12-3;1-2(3)4;/h5-11H,12-14H2,1-4H3,(H2,28,33)(H2,29,34);5-11H,12-14H2,1-4H3,(H2,28,33)(H2,29,34);2-7H,8-9H2,1H3,(H2,19,23)(H2,20,24)(H,21,30);5H,4H2,1-3H3;1H3,(H,3,4);1H. The van der Waals surface area contributed by atoms with E-state index >= 15 is 0 Å². The number of halogens is 2. The smallest absolute Gasteiger partial charge is 0.300 e. The van der Waals surface area contributed by atoms with E-state index in [-0.39, 0.29) is 104 Å². The van der Waals surface area contributed by atoms with Crippen LogP contribution in [0.1, 0.15) is 57.4 Å². The Morgan fingerprint density at radius 1 is 0.444 bits per heavy atom. The lowest BCUT2D eigenvalue weighted by Crippen LogP contribution is -2.22. The summed E-state index contributed by atoms with van der Waals surface area (Å²) in [7, 11) is -5.99. The number of thioether (sulfide) groups is 1. The lowest BCUT2D eigenvalue weighted by atomic mass is 10.1. The Morgan fingerprint density at radius 3 is 1.14 bits per heavy atom. The van der Waals surface area contributed by atoms with Gasteiger partial charge in [-0.1, -0.05) is 11.8 Å². The maximum atomic E-state index is 14.2. The molecular formula is C83H93Cl2N15O27S6. The molecule has 6 heterocycles. The number of imidazole rings is 3. The number of H-pyrrole nitrogens is 1. The molecule has 0 fully saturated rings. The Bertz CT molecular complexity index is 6830. The molecule has 133 heavy (non-hydrogen) atoms. The summed E-state index contributed by atoms with van der Waals surface area (Å²) >= 11 is 12.1. The number of aliphatic carboxylic acids is 1. The monoisotopic (exact) mass is 1990 g/mol. The van der Waals surface area contributed by atoms with Crippen LogP contribution in [0.2, 0.25) is 0 Å². The number of nitrogens with one attached hydrogen (secondary N) is 1. The first-order valence-electron chi connectivity index (χ1n) is 38.2. The van der Waals surface area contributed by atoms with Crippen LogP contribution in [0.5, 0.6) is 69.0 Å². The van der Waals surface area contributed by atoms with E-state index in [1.54, 1.807) is 82.2 Å². The first-order chi connectivity index (χ1) is 62.4. The minimum Gasteiger partial charge on any atom is -0.497 e. The van der Waals surface area contributed by atoms with Crippen LogP contribution in [0.15, 0.2) is 153 Å². The van der Waals surface area contributed by atoms with E-state index in [4.69, 9.17) is 125 Å². The number of carboxylic acid groups (broad SMARTS) is 1. The molecule has 6 aromatic heterocycles. The van der Waals surface area contributed by atoms with Crippen LogP contribution in [0.4, 0.5) is 0 Å². The molecule has 0 aliphatic heterocycles. The third kappa shape index (κ3) is 26.8. The van der Waals surface area contributed by atoms with Gasteiger partial charge in [-0.05, 0) is 127 Å². The SMILES string of the molecule is CC(=O)O.COc1c(C)cnc(CCl)c1C.COc1ccc2[nH]c(=S)n(S(=O)(=O)c3ccc(OCC(N)=O)c(OCC(N)=O)c3)c2c1.COc1ccc2nc(S(=O)Cc3ncc(C)c(OC)c3C)n(S(=O)(=O)c3ccc(OCC(N)=O)c(OCC(N)=O)c3)c2c1.COc1ccc2nc(SCc3ncc(C)c(OC)c3C)n(S(=O)(=O)c3ccc(OCC(N)=O)c(OCC(N)=O)c3)c2c1.Cl. The second kappa shape index (κ2) is 47.3. The van der Waals surface area contributed by atoms with Crippen molar-refractivity contribution in [2.24, 2.45) is 34.4 Å². The Hall–Kier alpha value is -13.8. The van der Waals surface area contributed by atoms with Crippen LogP contribution in [0.3, 0.4) is 0 Å². The van der Waals surface area contributed by atoms with E-state index < -0.39 is 122 Å². The Labute approximate surface area is 784 Å². The molecule has 1 unspecified atom stereocenters. The van der Waals surface area contributed by atoms with Gasteiger partial charge in [0.2, 0.25) is 5.16 Å². The molecule has 0 radical (unpaired) electrons. The van der Waals surface area contributed by atoms with Gasteiger partial charge in [-0.25, -0.2) is 47.1 Å². The van der Waals surface area contributed by atoms with Gasteiger partial charge in [0, 0.05) is 101 Å². The third-order valence-electron chi connectivity index (χ3n) is 18.2. The van der Waals surface area contributed by atoms with Crippen LogP contribution < -0.4 is 91.2 Å². The number of hydrogen-bond acceptors (Lipinski definition) is 33. The van der Waals surface area contributed by atoms with Crippen molar-refractivity contribution in [1.82, 2.24) is 41.8 Å². The highest BCUT2D eigenvalue weighted by Crippen LogP contribution is 2.40. The number of nitrogens with zero attached hydrogens (tertiary/aromatic N) is 8. The van der Waals surface area contributed by atoms with Crippen LogP contribution >= 0.6 is 48.0 Å². The average molecular weight is 2000 g/mol. The lowest BCUT2D eigenvalue weighted by Gasteiger charge is -2.15. The molecule has 6 aromatic carbocycles. The van der Waals surface area contributed by atoms with Crippen LogP contribution in [0, 0.1) is 46.3 Å². The summed E-state index contributed by atoms with van der Waals surface area (Å²) in [4.78, 5) is 101. The topological polar surface area (TPSA) is 621 Å². The number of carbonyl (C=O) groups excluding carboxylic acids is 6. The number of methoxy groups -OCH3 is 6. The van der Waals surface area contributed by atoms with Gasteiger partial charge in [0.15, 0.2) is 84.1 Å². The minimum atomic E-state index is -4.54. The zero-order valence-electron chi connectivity index (χ0n) is 73.3. The summed E-state index contributed by atoms with van der Waals surface area (Å²) < 4.78 is 164. The fourth-order valence-electron chi connectivity index (χ4n) is 12.2. The maximum absolute atomic E-state index is 14.2. The second-order valence-electron chi connectivity index (χ2n) is 27.5. The normalized spacial score (nSPS) is 11.2. The molecule has 0 aliphatic carbocycles. The largest absolute Gasteiger partial charge is 0.497 e. The van der Waals surface area contributed by atoms with Gasteiger partial charge >= 0.3 is 0 Å². The molecule has 14 N–H and O–H groups in total. The third-order valence-corrected chi connectivity index (χ3v) is 26.4. The summed E-state index contributed by atoms with van der Waals surface area (Å²) in [6.07, 6.45) is 5.06. The van der Waals surface area contributed by atoms with E-state index in [1.807, 2.05) is 34.6 Å². The Kier molecular flexibility index (Phi) is 37.8. The molecule has 0 bridgehead atoms. The molecular weight excluding hydrogens is 1900 g/mol. The van der Waals surface area contributed by atoms with Crippen molar-refractivity contribution in [2.75, 3.05) is 82.3 Å². The van der Waals surface area contributed by atoms with Crippen molar-refractivity contribution in [3.63, 3.8) is 0 Å². The van der Waals surface area contributed by atoms with Crippen LogP contribution in [-0.4, -0.2) is 200 Å². The fourth-order valence-corrected chi connectivity index (χ4v) is 20.2. The average Bonchev–Trinajstić information content (AvgIpc) is 1.63. The fraction of sp³-hybridized carbons (Fsp3) is 0.265. The Morgan fingerprint density at radius 2 is 0.767 bits per heavy atom. The number of fused-ring (bicyclic) bond motifs is 3. The van der Waals surface area contributed by atoms with Gasteiger partial charge < -0.3 is 101 Å². The summed E-state index contributed by atoms with van der Waals surface area (Å²) in [6, 6.07) is 25.2.